The zero-order chi connectivity index (χ0) is 17.4. The van der Waals surface area contributed by atoms with E-state index in [0.29, 0.717) is 17.5 Å². The van der Waals surface area contributed by atoms with Crippen LogP contribution < -0.4 is 0 Å². The fourth-order valence-electron chi connectivity index (χ4n) is 2.85. The third kappa shape index (κ3) is 3.94. The molecule has 4 nitrogen and oxygen atoms in total. The van der Waals surface area contributed by atoms with E-state index in [1.807, 2.05) is 11.8 Å². The molecular formula is C18H27NO3S. The summed E-state index contributed by atoms with van der Waals surface area (Å²) >= 11 is 0. The molecule has 0 radical (unpaired) electrons. The minimum Gasteiger partial charge on any atom is -0.333 e. The molecule has 1 amide bonds. The predicted octanol–water partition coefficient (Wildman–Crippen LogP) is 3.44. The van der Waals surface area contributed by atoms with Gasteiger partial charge in [-0.05, 0) is 50.3 Å². The first-order valence-corrected chi connectivity index (χ1v) is 10.2. The summed E-state index contributed by atoms with van der Waals surface area (Å²) < 4.78 is 23.6. The van der Waals surface area contributed by atoms with Crippen molar-refractivity contribution >= 4 is 15.7 Å². The number of carbonyl (C=O) groups excluding carboxylic acids is 1. The molecular weight excluding hydrogens is 310 g/mol. The molecule has 1 fully saturated rings. The van der Waals surface area contributed by atoms with Crippen LogP contribution in [0.2, 0.25) is 0 Å². The second-order valence-corrected chi connectivity index (χ2v) is 8.83. The SMILES string of the molecule is CC[C@@H](C)[C@H](C)N(C(=O)c1cc(S(C)(=O)=O)ccc1C)C1CC1. The summed E-state index contributed by atoms with van der Waals surface area (Å²) in [6.45, 7) is 8.25. The Balaban J connectivity index is 2.41. The summed E-state index contributed by atoms with van der Waals surface area (Å²) in [4.78, 5) is 15.3. The molecule has 1 saturated carbocycles. The maximum atomic E-state index is 13.1. The molecule has 128 valence electrons. The monoisotopic (exact) mass is 337 g/mol. The first-order valence-electron chi connectivity index (χ1n) is 8.30. The van der Waals surface area contributed by atoms with Crippen molar-refractivity contribution in [1.29, 1.82) is 0 Å². The molecule has 1 aliphatic carbocycles. The second-order valence-electron chi connectivity index (χ2n) is 6.82. The van der Waals surface area contributed by atoms with E-state index < -0.39 is 9.84 Å². The van der Waals surface area contributed by atoms with Crippen molar-refractivity contribution < 1.29 is 13.2 Å². The topological polar surface area (TPSA) is 54.5 Å². The number of nitrogens with zero attached hydrogens (tertiary/aromatic N) is 1. The van der Waals surface area contributed by atoms with Crippen LogP contribution in [0.1, 0.15) is 56.0 Å². The van der Waals surface area contributed by atoms with Crippen LogP contribution in [0, 0.1) is 12.8 Å². The van der Waals surface area contributed by atoms with Gasteiger partial charge in [0.1, 0.15) is 0 Å². The molecule has 0 spiro atoms. The highest BCUT2D eigenvalue weighted by Crippen LogP contribution is 2.33. The number of carbonyl (C=O) groups is 1. The van der Waals surface area contributed by atoms with E-state index in [2.05, 4.69) is 20.8 Å². The summed E-state index contributed by atoms with van der Waals surface area (Å²) in [5.41, 5.74) is 1.33. The maximum Gasteiger partial charge on any atom is 0.254 e. The Hall–Kier alpha value is -1.36. The van der Waals surface area contributed by atoms with Gasteiger partial charge in [0.15, 0.2) is 9.84 Å². The molecule has 0 aliphatic heterocycles. The van der Waals surface area contributed by atoms with Crippen LogP contribution in [0.25, 0.3) is 0 Å². The van der Waals surface area contributed by atoms with E-state index in [0.717, 1.165) is 24.8 Å². The number of rotatable bonds is 6. The van der Waals surface area contributed by atoms with Gasteiger partial charge in [0.2, 0.25) is 0 Å². The molecule has 1 aromatic carbocycles. The van der Waals surface area contributed by atoms with Crippen LogP contribution in [0.3, 0.4) is 0 Å². The summed E-state index contributed by atoms with van der Waals surface area (Å²) in [5.74, 6) is 0.376. The van der Waals surface area contributed by atoms with Gasteiger partial charge in [-0.3, -0.25) is 4.79 Å². The Morgan fingerprint density at radius 2 is 1.91 bits per heavy atom. The van der Waals surface area contributed by atoms with Crippen LogP contribution in [0.15, 0.2) is 23.1 Å². The summed E-state index contributed by atoms with van der Waals surface area (Å²) in [7, 11) is -3.32. The minimum atomic E-state index is -3.32. The Bertz CT molecular complexity index is 692. The highest BCUT2D eigenvalue weighted by molar-refractivity contribution is 7.90. The molecule has 0 aromatic heterocycles. The Morgan fingerprint density at radius 1 is 1.30 bits per heavy atom. The van der Waals surface area contributed by atoms with Gasteiger partial charge in [-0.15, -0.1) is 0 Å². The van der Waals surface area contributed by atoms with E-state index in [9.17, 15) is 13.2 Å². The number of benzene rings is 1. The lowest BCUT2D eigenvalue weighted by Crippen LogP contribution is -2.43. The summed E-state index contributed by atoms with van der Waals surface area (Å²) in [5, 5.41) is 0. The molecule has 5 heteroatoms. The van der Waals surface area contributed by atoms with Gasteiger partial charge in [0.25, 0.3) is 5.91 Å². The predicted molar refractivity (Wildman–Crippen MR) is 92.4 cm³/mol. The Kier molecular flexibility index (Phi) is 5.19. The lowest BCUT2D eigenvalue weighted by molar-refractivity contribution is 0.0614. The van der Waals surface area contributed by atoms with E-state index in [4.69, 9.17) is 0 Å². The minimum absolute atomic E-state index is 0.0386. The molecule has 1 aromatic rings. The van der Waals surface area contributed by atoms with E-state index in [1.54, 1.807) is 12.1 Å². The van der Waals surface area contributed by atoms with Crippen molar-refractivity contribution in [3.05, 3.63) is 29.3 Å². The fourth-order valence-corrected chi connectivity index (χ4v) is 3.50. The zero-order valence-electron chi connectivity index (χ0n) is 14.7. The van der Waals surface area contributed by atoms with Gasteiger partial charge >= 0.3 is 0 Å². The van der Waals surface area contributed by atoms with Crippen molar-refractivity contribution in [3.63, 3.8) is 0 Å². The molecule has 23 heavy (non-hydrogen) atoms. The molecule has 0 N–H and O–H groups in total. The lowest BCUT2D eigenvalue weighted by Gasteiger charge is -2.33. The summed E-state index contributed by atoms with van der Waals surface area (Å²) in [6, 6.07) is 5.28. The maximum absolute atomic E-state index is 13.1. The van der Waals surface area contributed by atoms with Crippen LogP contribution >= 0.6 is 0 Å². The molecule has 0 bridgehead atoms. The second kappa shape index (κ2) is 6.63. The first kappa shape index (κ1) is 18.0. The fraction of sp³-hybridized carbons (Fsp3) is 0.611. The van der Waals surface area contributed by atoms with Gasteiger partial charge in [0.05, 0.1) is 4.90 Å². The summed E-state index contributed by atoms with van der Waals surface area (Å²) in [6.07, 6.45) is 4.26. The number of sulfone groups is 1. The van der Waals surface area contributed by atoms with E-state index in [1.165, 1.54) is 12.3 Å². The van der Waals surface area contributed by atoms with Crippen molar-refractivity contribution in [3.8, 4) is 0 Å². The largest absolute Gasteiger partial charge is 0.333 e. The molecule has 2 rings (SSSR count). The smallest absolute Gasteiger partial charge is 0.254 e. The van der Waals surface area contributed by atoms with Crippen molar-refractivity contribution in [2.24, 2.45) is 5.92 Å². The van der Waals surface area contributed by atoms with Crippen LogP contribution in [0.5, 0.6) is 0 Å². The van der Waals surface area contributed by atoms with E-state index in [-0.39, 0.29) is 16.8 Å². The third-order valence-electron chi connectivity index (χ3n) is 4.95. The number of aryl methyl sites for hydroxylation is 1. The number of amides is 1. The highest BCUT2D eigenvalue weighted by Gasteiger charge is 2.38. The normalized spacial score (nSPS) is 17.6. The zero-order valence-corrected chi connectivity index (χ0v) is 15.5. The molecule has 1 aliphatic rings. The number of hydrogen-bond donors (Lipinski definition) is 0. The third-order valence-corrected chi connectivity index (χ3v) is 6.06. The van der Waals surface area contributed by atoms with Crippen LogP contribution in [-0.4, -0.2) is 37.6 Å². The Labute approximate surface area is 139 Å². The highest BCUT2D eigenvalue weighted by atomic mass is 32.2. The lowest BCUT2D eigenvalue weighted by atomic mass is 9.97. The molecule has 2 atom stereocenters. The van der Waals surface area contributed by atoms with Gasteiger partial charge in [-0.1, -0.05) is 26.3 Å². The Morgan fingerprint density at radius 3 is 2.39 bits per heavy atom. The van der Waals surface area contributed by atoms with Crippen molar-refractivity contribution in [2.45, 2.75) is 63.9 Å². The van der Waals surface area contributed by atoms with Gasteiger partial charge < -0.3 is 4.90 Å². The van der Waals surface area contributed by atoms with Gasteiger partial charge in [-0.2, -0.15) is 0 Å². The van der Waals surface area contributed by atoms with Crippen LogP contribution in [0.4, 0.5) is 0 Å². The number of hydrogen-bond acceptors (Lipinski definition) is 3. The van der Waals surface area contributed by atoms with Crippen LogP contribution in [-0.2, 0) is 9.84 Å². The van der Waals surface area contributed by atoms with Crippen molar-refractivity contribution in [2.75, 3.05) is 6.26 Å². The van der Waals surface area contributed by atoms with Gasteiger partial charge in [0, 0.05) is 23.9 Å². The average Bonchev–Trinajstić information content (AvgIpc) is 3.30. The van der Waals surface area contributed by atoms with E-state index >= 15 is 0 Å². The van der Waals surface area contributed by atoms with Gasteiger partial charge in [-0.25, -0.2) is 8.42 Å². The molecule has 0 saturated heterocycles. The standard InChI is InChI=1S/C18H27NO3S/c1-6-12(2)14(4)19(15-8-9-15)18(20)17-11-16(23(5,21)22)10-7-13(17)3/h7,10-12,14-15H,6,8-9H2,1-5H3/t12-,14+/m1/s1. The van der Waals surface area contributed by atoms with Crippen molar-refractivity contribution in [1.82, 2.24) is 4.90 Å². The average molecular weight is 337 g/mol. The molecule has 0 unspecified atom stereocenters. The molecule has 0 heterocycles. The first-order chi connectivity index (χ1) is 10.7. The quantitative estimate of drug-likeness (QED) is 0.799.